The Balaban J connectivity index is 0.00000312. The molecule has 0 bridgehead atoms. The number of hydrogen-bond donors (Lipinski definition) is 2. The summed E-state index contributed by atoms with van der Waals surface area (Å²) in [5.74, 6) is 2.41. The van der Waals surface area contributed by atoms with Crippen LogP contribution in [-0.4, -0.2) is 29.7 Å². The van der Waals surface area contributed by atoms with Gasteiger partial charge in [0.05, 0.1) is 22.9 Å². The SMILES string of the molecule is CN=C(NCCc1csc(C(C)C)n1)NCc1cc(C(C)C)no1.I. The lowest BCUT2D eigenvalue weighted by molar-refractivity contribution is 0.372. The van der Waals surface area contributed by atoms with Crippen molar-refractivity contribution in [3.8, 4) is 0 Å². The third kappa shape index (κ3) is 6.93. The van der Waals surface area contributed by atoms with Crippen LogP contribution in [0, 0.1) is 0 Å². The fourth-order valence-electron chi connectivity index (χ4n) is 2.09. The number of aromatic nitrogens is 2. The van der Waals surface area contributed by atoms with E-state index in [0.29, 0.717) is 18.4 Å². The molecule has 6 nitrogen and oxygen atoms in total. The van der Waals surface area contributed by atoms with E-state index in [1.165, 1.54) is 5.01 Å². The minimum atomic E-state index is 0. The van der Waals surface area contributed by atoms with Gasteiger partial charge in [-0.05, 0) is 5.92 Å². The second-order valence-electron chi connectivity index (χ2n) is 6.31. The van der Waals surface area contributed by atoms with Gasteiger partial charge in [-0.1, -0.05) is 32.9 Å². The summed E-state index contributed by atoms with van der Waals surface area (Å²) in [6.45, 7) is 9.88. The summed E-state index contributed by atoms with van der Waals surface area (Å²) in [5, 5.41) is 13.9. The highest BCUT2D eigenvalue weighted by molar-refractivity contribution is 14.0. The van der Waals surface area contributed by atoms with Crippen molar-refractivity contribution < 1.29 is 4.52 Å². The Morgan fingerprint density at radius 2 is 2.00 bits per heavy atom. The van der Waals surface area contributed by atoms with E-state index in [-0.39, 0.29) is 24.0 Å². The van der Waals surface area contributed by atoms with Gasteiger partial charge in [0.25, 0.3) is 0 Å². The lowest BCUT2D eigenvalue weighted by Crippen LogP contribution is -2.37. The summed E-state index contributed by atoms with van der Waals surface area (Å²) in [4.78, 5) is 8.86. The minimum absolute atomic E-state index is 0. The molecule has 0 aliphatic heterocycles. The fraction of sp³-hybridized carbons (Fsp3) is 0.588. The largest absolute Gasteiger partial charge is 0.359 e. The number of thiazole rings is 1. The first kappa shape index (κ1) is 21.9. The summed E-state index contributed by atoms with van der Waals surface area (Å²) in [6.07, 6.45) is 0.879. The number of nitrogens with one attached hydrogen (secondary N) is 2. The Hall–Kier alpha value is -1.16. The van der Waals surface area contributed by atoms with E-state index in [4.69, 9.17) is 4.52 Å². The van der Waals surface area contributed by atoms with Crippen LogP contribution in [0.5, 0.6) is 0 Å². The van der Waals surface area contributed by atoms with Crippen molar-refractivity contribution in [3.63, 3.8) is 0 Å². The molecule has 0 amide bonds. The molecular weight excluding hydrogens is 449 g/mol. The topological polar surface area (TPSA) is 75.3 Å². The van der Waals surface area contributed by atoms with Gasteiger partial charge in [0.1, 0.15) is 0 Å². The lowest BCUT2D eigenvalue weighted by atomic mass is 10.1. The van der Waals surface area contributed by atoms with Gasteiger partial charge in [-0.2, -0.15) is 0 Å². The highest BCUT2D eigenvalue weighted by atomic mass is 127. The average Bonchev–Trinajstić information content (AvgIpc) is 3.20. The zero-order valence-corrected chi connectivity index (χ0v) is 18.6. The van der Waals surface area contributed by atoms with Gasteiger partial charge in [0.15, 0.2) is 11.7 Å². The van der Waals surface area contributed by atoms with E-state index in [0.717, 1.165) is 36.1 Å². The molecule has 0 saturated heterocycles. The standard InChI is InChI=1S/C17H27N5OS.HI/c1-11(2)15-8-14(23-22-15)9-20-17(18-5)19-7-6-13-10-24-16(21-13)12(3)4;/h8,10-12H,6-7,9H2,1-5H3,(H2,18,19,20);1H. The van der Waals surface area contributed by atoms with Gasteiger partial charge in [0.2, 0.25) is 0 Å². The normalized spacial score (nSPS) is 11.7. The molecule has 8 heteroatoms. The van der Waals surface area contributed by atoms with E-state index in [2.05, 4.69) is 58.8 Å². The number of rotatable bonds is 7. The van der Waals surface area contributed by atoms with Crippen molar-refractivity contribution in [3.05, 3.63) is 33.6 Å². The quantitative estimate of drug-likeness (QED) is 0.360. The van der Waals surface area contributed by atoms with Gasteiger partial charge in [0, 0.05) is 37.4 Å². The van der Waals surface area contributed by atoms with Crippen LogP contribution in [0.1, 0.15) is 61.7 Å². The second kappa shape index (κ2) is 10.7. The maximum Gasteiger partial charge on any atom is 0.191 e. The monoisotopic (exact) mass is 477 g/mol. The Bertz CT molecular complexity index is 666. The number of nitrogens with zero attached hydrogens (tertiary/aromatic N) is 3. The van der Waals surface area contributed by atoms with Gasteiger partial charge < -0.3 is 15.2 Å². The maximum atomic E-state index is 5.32. The van der Waals surface area contributed by atoms with Crippen molar-refractivity contribution in [2.45, 2.75) is 52.5 Å². The van der Waals surface area contributed by atoms with Crippen LogP contribution in [-0.2, 0) is 13.0 Å². The third-order valence-electron chi connectivity index (χ3n) is 3.56. The first-order chi connectivity index (χ1) is 11.5. The van der Waals surface area contributed by atoms with Gasteiger partial charge in [-0.3, -0.25) is 4.99 Å². The zero-order chi connectivity index (χ0) is 17.5. The van der Waals surface area contributed by atoms with Crippen molar-refractivity contribution in [1.82, 2.24) is 20.8 Å². The summed E-state index contributed by atoms with van der Waals surface area (Å²) in [5.41, 5.74) is 2.10. The van der Waals surface area contributed by atoms with Crippen LogP contribution in [0.4, 0.5) is 0 Å². The molecule has 2 rings (SSSR count). The molecule has 0 aliphatic rings. The van der Waals surface area contributed by atoms with E-state index >= 15 is 0 Å². The van der Waals surface area contributed by atoms with Crippen LogP contribution >= 0.6 is 35.3 Å². The highest BCUT2D eigenvalue weighted by Crippen LogP contribution is 2.19. The molecular formula is C17H28IN5OS. The summed E-state index contributed by atoms with van der Waals surface area (Å²) in [7, 11) is 1.76. The van der Waals surface area contributed by atoms with E-state index in [9.17, 15) is 0 Å². The van der Waals surface area contributed by atoms with Crippen molar-refractivity contribution in [1.29, 1.82) is 0 Å². The fourth-order valence-corrected chi connectivity index (χ4v) is 2.96. The zero-order valence-electron chi connectivity index (χ0n) is 15.5. The third-order valence-corrected chi connectivity index (χ3v) is 4.75. The van der Waals surface area contributed by atoms with Gasteiger partial charge >= 0.3 is 0 Å². The molecule has 25 heavy (non-hydrogen) atoms. The highest BCUT2D eigenvalue weighted by Gasteiger charge is 2.09. The summed E-state index contributed by atoms with van der Waals surface area (Å²) in [6, 6.07) is 1.98. The summed E-state index contributed by atoms with van der Waals surface area (Å²) >= 11 is 1.73. The van der Waals surface area contributed by atoms with Crippen LogP contribution < -0.4 is 10.6 Å². The molecule has 140 valence electrons. The van der Waals surface area contributed by atoms with E-state index in [1.54, 1.807) is 18.4 Å². The molecule has 2 heterocycles. The molecule has 0 fully saturated rings. The number of aliphatic imine (C=N–C) groups is 1. The predicted molar refractivity (Wildman–Crippen MR) is 114 cm³/mol. The minimum Gasteiger partial charge on any atom is -0.359 e. The molecule has 0 saturated carbocycles. The van der Waals surface area contributed by atoms with Crippen molar-refractivity contribution in [2.24, 2.45) is 4.99 Å². The van der Waals surface area contributed by atoms with Crippen LogP contribution in [0.25, 0.3) is 0 Å². The maximum absolute atomic E-state index is 5.32. The van der Waals surface area contributed by atoms with Crippen molar-refractivity contribution >= 4 is 41.3 Å². The molecule has 2 N–H and O–H groups in total. The molecule has 0 unspecified atom stereocenters. The first-order valence-electron chi connectivity index (χ1n) is 8.34. The lowest BCUT2D eigenvalue weighted by Gasteiger charge is -2.09. The second-order valence-corrected chi connectivity index (χ2v) is 7.20. The van der Waals surface area contributed by atoms with E-state index in [1.807, 2.05) is 6.07 Å². The molecule has 0 radical (unpaired) electrons. The first-order valence-corrected chi connectivity index (χ1v) is 9.21. The molecule has 2 aromatic heterocycles. The predicted octanol–water partition coefficient (Wildman–Crippen LogP) is 3.90. The van der Waals surface area contributed by atoms with E-state index < -0.39 is 0 Å². The van der Waals surface area contributed by atoms with Crippen LogP contribution in [0.2, 0.25) is 0 Å². The molecule has 0 aliphatic carbocycles. The number of halogens is 1. The Labute approximate surface area is 170 Å². The van der Waals surface area contributed by atoms with Gasteiger partial charge in [-0.25, -0.2) is 4.98 Å². The number of hydrogen-bond acceptors (Lipinski definition) is 5. The molecule has 0 atom stereocenters. The molecule has 2 aromatic rings. The average molecular weight is 477 g/mol. The smallest absolute Gasteiger partial charge is 0.191 e. The summed E-state index contributed by atoms with van der Waals surface area (Å²) < 4.78 is 5.32. The molecule has 0 aromatic carbocycles. The Morgan fingerprint density at radius 3 is 2.56 bits per heavy atom. The van der Waals surface area contributed by atoms with Crippen molar-refractivity contribution in [2.75, 3.05) is 13.6 Å². The van der Waals surface area contributed by atoms with Crippen LogP contribution in [0.3, 0.4) is 0 Å². The number of guanidine groups is 1. The Kier molecular flexibility index (Phi) is 9.41. The van der Waals surface area contributed by atoms with Crippen LogP contribution in [0.15, 0.2) is 21.0 Å². The van der Waals surface area contributed by atoms with Gasteiger partial charge in [-0.15, -0.1) is 35.3 Å². The Morgan fingerprint density at radius 1 is 1.24 bits per heavy atom. The molecule has 0 spiro atoms.